The summed E-state index contributed by atoms with van der Waals surface area (Å²) >= 11 is 1.85. The van der Waals surface area contributed by atoms with Crippen LogP contribution in [0.3, 0.4) is 0 Å². The Balaban J connectivity index is 1.60. The van der Waals surface area contributed by atoms with Crippen molar-refractivity contribution in [3.05, 3.63) is 76.5 Å². The Bertz CT molecular complexity index is 979. The van der Waals surface area contributed by atoms with Crippen LogP contribution in [-0.2, 0) is 22.7 Å². The van der Waals surface area contributed by atoms with Gasteiger partial charge in [0.25, 0.3) is 0 Å². The second-order valence-electron chi connectivity index (χ2n) is 6.93. The number of thioether (sulfide) groups is 1. The molecule has 1 aliphatic rings. The maximum atomic E-state index is 12.7. The predicted octanol–water partition coefficient (Wildman–Crippen LogP) is 4.81. The van der Waals surface area contributed by atoms with Gasteiger partial charge in [-0.25, -0.2) is 4.68 Å². The number of nitrogens with one attached hydrogen (secondary N) is 1. The summed E-state index contributed by atoms with van der Waals surface area (Å²) in [4.78, 5) is 12.7. The quantitative estimate of drug-likeness (QED) is 0.694. The minimum absolute atomic E-state index is 0.0324. The molecule has 0 saturated carbocycles. The van der Waals surface area contributed by atoms with Gasteiger partial charge < -0.3 is 5.32 Å². The fourth-order valence-electron chi connectivity index (χ4n) is 3.38. The molecule has 2 heterocycles. The number of nitrogens with zero attached hydrogens (tertiary/aromatic N) is 2. The Labute approximate surface area is 164 Å². The fraction of sp³-hybridized carbons (Fsp3) is 0.273. The van der Waals surface area contributed by atoms with Crippen molar-refractivity contribution >= 4 is 23.5 Å². The highest BCUT2D eigenvalue weighted by molar-refractivity contribution is 7.98. The van der Waals surface area contributed by atoms with E-state index in [0.717, 1.165) is 40.7 Å². The number of aryl methyl sites for hydroxylation is 2. The van der Waals surface area contributed by atoms with Crippen molar-refractivity contribution in [2.75, 3.05) is 5.32 Å². The highest BCUT2D eigenvalue weighted by atomic mass is 32.2. The first-order valence-electron chi connectivity index (χ1n) is 9.22. The Morgan fingerprint density at radius 3 is 2.74 bits per heavy atom. The third-order valence-electron chi connectivity index (χ3n) is 5.10. The molecule has 1 N–H and O–H groups in total. The van der Waals surface area contributed by atoms with Crippen LogP contribution >= 0.6 is 11.8 Å². The number of hydrogen-bond donors (Lipinski definition) is 1. The summed E-state index contributed by atoms with van der Waals surface area (Å²) in [5.41, 5.74) is 6.86. The van der Waals surface area contributed by atoms with E-state index < -0.39 is 0 Å². The number of benzene rings is 2. The van der Waals surface area contributed by atoms with E-state index in [1.165, 1.54) is 16.7 Å². The van der Waals surface area contributed by atoms with Crippen molar-refractivity contribution in [2.45, 2.75) is 38.2 Å². The number of carbonyl (C=O) groups is 1. The zero-order valence-electron chi connectivity index (χ0n) is 15.7. The number of fused-ring (bicyclic) bond motifs is 1. The molecule has 0 fully saturated rings. The Kier molecular flexibility index (Phi) is 5.03. The van der Waals surface area contributed by atoms with Gasteiger partial charge in [-0.15, -0.1) is 0 Å². The molecule has 138 valence electrons. The van der Waals surface area contributed by atoms with Crippen LogP contribution in [0.5, 0.6) is 0 Å². The predicted molar refractivity (Wildman–Crippen MR) is 111 cm³/mol. The lowest BCUT2D eigenvalue weighted by atomic mass is 10.1. The van der Waals surface area contributed by atoms with Gasteiger partial charge in [0.05, 0.1) is 11.4 Å². The van der Waals surface area contributed by atoms with Gasteiger partial charge in [-0.2, -0.15) is 16.9 Å². The van der Waals surface area contributed by atoms with Gasteiger partial charge in [0, 0.05) is 23.5 Å². The number of rotatable bonds is 5. The van der Waals surface area contributed by atoms with Crippen LogP contribution in [0.25, 0.3) is 5.69 Å². The van der Waals surface area contributed by atoms with Crippen LogP contribution in [0.1, 0.15) is 34.4 Å². The fourth-order valence-corrected chi connectivity index (χ4v) is 4.41. The summed E-state index contributed by atoms with van der Waals surface area (Å²) in [7, 11) is 0. The maximum Gasteiger partial charge on any atom is 0.225 e. The SMILES string of the molecule is Cc1cccc(-n2nc3c(c2NC(=O)CCc2ccccc2)CSC3)c1C. The van der Waals surface area contributed by atoms with E-state index in [4.69, 9.17) is 5.10 Å². The van der Waals surface area contributed by atoms with Gasteiger partial charge in [0.2, 0.25) is 5.91 Å². The number of aromatic nitrogens is 2. The largest absolute Gasteiger partial charge is 0.310 e. The summed E-state index contributed by atoms with van der Waals surface area (Å²) in [5, 5.41) is 7.97. The van der Waals surface area contributed by atoms with Crippen LogP contribution < -0.4 is 5.32 Å². The van der Waals surface area contributed by atoms with E-state index >= 15 is 0 Å². The average molecular weight is 378 g/mol. The maximum absolute atomic E-state index is 12.7. The first-order valence-corrected chi connectivity index (χ1v) is 10.4. The van der Waals surface area contributed by atoms with E-state index in [1.54, 1.807) is 0 Å². The minimum Gasteiger partial charge on any atom is -0.310 e. The van der Waals surface area contributed by atoms with Crippen molar-refractivity contribution in [2.24, 2.45) is 0 Å². The number of anilines is 1. The summed E-state index contributed by atoms with van der Waals surface area (Å²) in [6, 6.07) is 16.3. The third-order valence-corrected chi connectivity index (χ3v) is 6.07. The summed E-state index contributed by atoms with van der Waals surface area (Å²) in [6.07, 6.45) is 1.20. The average Bonchev–Trinajstić information content (AvgIpc) is 3.26. The molecule has 5 heteroatoms. The van der Waals surface area contributed by atoms with Crippen molar-refractivity contribution in [1.29, 1.82) is 0 Å². The number of carbonyl (C=O) groups excluding carboxylic acids is 1. The molecule has 1 aliphatic heterocycles. The molecule has 0 radical (unpaired) electrons. The summed E-state index contributed by atoms with van der Waals surface area (Å²) in [5.74, 6) is 2.67. The molecule has 0 atom stereocenters. The highest BCUT2D eigenvalue weighted by Gasteiger charge is 2.25. The Morgan fingerprint density at radius 2 is 1.93 bits per heavy atom. The Morgan fingerprint density at radius 1 is 1.11 bits per heavy atom. The normalized spacial score (nSPS) is 12.8. The monoisotopic (exact) mass is 377 g/mol. The topological polar surface area (TPSA) is 46.9 Å². The molecule has 0 bridgehead atoms. The van der Waals surface area contributed by atoms with Crippen molar-refractivity contribution in [3.63, 3.8) is 0 Å². The van der Waals surface area contributed by atoms with Crippen LogP contribution in [-0.4, -0.2) is 15.7 Å². The highest BCUT2D eigenvalue weighted by Crippen LogP contribution is 2.36. The van der Waals surface area contributed by atoms with Crippen LogP contribution in [0.2, 0.25) is 0 Å². The molecule has 0 spiro atoms. The van der Waals surface area contributed by atoms with Crippen molar-refractivity contribution < 1.29 is 4.79 Å². The lowest BCUT2D eigenvalue weighted by molar-refractivity contribution is -0.116. The number of hydrogen-bond acceptors (Lipinski definition) is 3. The van der Waals surface area contributed by atoms with Crippen molar-refractivity contribution in [1.82, 2.24) is 9.78 Å². The van der Waals surface area contributed by atoms with E-state index in [0.29, 0.717) is 6.42 Å². The van der Waals surface area contributed by atoms with E-state index in [9.17, 15) is 4.79 Å². The molecule has 27 heavy (non-hydrogen) atoms. The first-order chi connectivity index (χ1) is 13.1. The van der Waals surface area contributed by atoms with Gasteiger partial charge in [-0.3, -0.25) is 4.79 Å². The zero-order chi connectivity index (χ0) is 18.8. The second-order valence-corrected chi connectivity index (χ2v) is 7.92. The van der Waals surface area contributed by atoms with Crippen molar-refractivity contribution in [3.8, 4) is 5.69 Å². The molecule has 1 amide bonds. The summed E-state index contributed by atoms with van der Waals surface area (Å²) < 4.78 is 1.92. The standard InChI is InChI=1S/C22H23N3OS/c1-15-7-6-10-20(16(15)2)25-22(18-13-27-14-19(18)24-25)23-21(26)12-11-17-8-4-3-5-9-17/h3-10H,11-14H2,1-2H3,(H,23,26). The van der Waals surface area contributed by atoms with E-state index in [-0.39, 0.29) is 5.91 Å². The molecular formula is C22H23N3OS. The molecule has 0 unspecified atom stereocenters. The molecule has 4 nitrogen and oxygen atoms in total. The second kappa shape index (κ2) is 7.61. The van der Waals surface area contributed by atoms with Crippen LogP contribution in [0.15, 0.2) is 48.5 Å². The molecule has 0 saturated heterocycles. The van der Waals surface area contributed by atoms with Crippen LogP contribution in [0, 0.1) is 13.8 Å². The number of amides is 1. The van der Waals surface area contributed by atoms with Gasteiger partial charge in [0.15, 0.2) is 0 Å². The van der Waals surface area contributed by atoms with Crippen LogP contribution in [0.4, 0.5) is 5.82 Å². The molecular weight excluding hydrogens is 354 g/mol. The van der Waals surface area contributed by atoms with E-state index in [2.05, 4.69) is 43.4 Å². The van der Waals surface area contributed by atoms with E-state index in [1.807, 2.05) is 40.7 Å². The van der Waals surface area contributed by atoms with Gasteiger partial charge in [0.1, 0.15) is 5.82 Å². The molecule has 3 aromatic rings. The lowest BCUT2D eigenvalue weighted by Gasteiger charge is -2.14. The molecule has 0 aliphatic carbocycles. The zero-order valence-corrected chi connectivity index (χ0v) is 16.5. The molecule has 4 rings (SSSR count). The first kappa shape index (κ1) is 17.9. The van der Waals surface area contributed by atoms with Gasteiger partial charge in [-0.05, 0) is 43.0 Å². The molecule has 2 aromatic carbocycles. The summed E-state index contributed by atoms with van der Waals surface area (Å²) in [6.45, 7) is 4.21. The van der Waals surface area contributed by atoms with Gasteiger partial charge >= 0.3 is 0 Å². The lowest BCUT2D eigenvalue weighted by Crippen LogP contribution is -2.17. The Hall–Kier alpha value is -2.53. The minimum atomic E-state index is 0.0324. The van der Waals surface area contributed by atoms with Gasteiger partial charge in [-0.1, -0.05) is 42.5 Å². The smallest absolute Gasteiger partial charge is 0.225 e. The third kappa shape index (κ3) is 3.65. The molecule has 1 aromatic heterocycles.